The summed E-state index contributed by atoms with van der Waals surface area (Å²) in [6, 6.07) is 5.66. The zero-order valence-corrected chi connectivity index (χ0v) is 12.1. The Labute approximate surface area is 119 Å². The van der Waals surface area contributed by atoms with Gasteiger partial charge in [0.05, 0.1) is 5.75 Å². The predicted molar refractivity (Wildman–Crippen MR) is 76.6 cm³/mol. The van der Waals surface area contributed by atoms with Gasteiger partial charge in [0.2, 0.25) is 10.0 Å². The molecule has 0 aliphatic carbocycles. The van der Waals surface area contributed by atoms with Gasteiger partial charge in [-0.15, -0.1) is 0 Å². The molecule has 1 aromatic rings. The molecule has 1 aromatic carbocycles. The third-order valence-corrected chi connectivity index (χ3v) is 4.43. The number of fused-ring (bicyclic) bond motifs is 1. The highest BCUT2D eigenvalue weighted by Crippen LogP contribution is 2.30. The van der Waals surface area contributed by atoms with Crippen LogP contribution in [0.25, 0.3) is 0 Å². The molecule has 1 heterocycles. The van der Waals surface area contributed by atoms with E-state index in [0.717, 1.165) is 17.1 Å². The molecule has 20 heavy (non-hydrogen) atoms. The lowest BCUT2D eigenvalue weighted by Crippen LogP contribution is -2.29. The number of nitrogens with one attached hydrogen (secondary N) is 1. The van der Waals surface area contributed by atoms with E-state index in [1.165, 1.54) is 0 Å². The molecule has 7 heteroatoms. The molecule has 0 amide bonds. The van der Waals surface area contributed by atoms with Crippen molar-refractivity contribution in [1.82, 2.24) is 4.72 Å². The van der Waals surface area contributed by atoms with Crippen LogP contribution in [0.3, 0.4) is 0 Å². The van der Waals surface area contributed by atoms with Crippen LogP contribution in [0.5, 0.6) is 11.5 Å². The molecule has 1 aliphatic rings. The van der Waals surface area contributed by atoms with Gasteiger partial charge >= 0.3 is 0 Å². The van der Waals surface area contributed by atoms with Crippen LogP contribution in [0.15, 0.2) is 18.2 Å². The molecule has 0 bridgehead atoms. The average molecular weight is 300 g/mol. The molecule has 0 radical (unpaired) electrons. The topological polar surface area (TPSA) is 90.7 Å². The monoisotopic (exact) mass is 300 g/mol. The number of nitrogens with two attached hydrogens (primary N) is 1. The van der Waals surface area contributed by atoms with E-state index in [0.29, 0.717) is 39.1 Å². The summed E-state index contributed by atoms with van der Waals surface area (Å²) in [7, 11) is -3.22. The maximum Gasteiger partial charge on any atom is 0.211 e. The fraction of sp³-hybridized carbons (Fsp3) is 0.538. The van der Waals surface area contributed by atoms with Crippen molar-refractivity contribution in [2.24, 2.45) is 5.73 Å². The third-order valence-electron chi connectivity index (χ3n) is 2.96. The van der Waals surface area contributed by atoms with Crippen LogP contribution in [-0.2, 0) is 16.4 Å². The van der Waals surface area contributed by atoms with E-state index >= 15 is 0 Å². The van der Waals surface area contributed by atoms with Gasteiger partial charge in [0, 0.05) is 6.54 Å². The van der Waals surface area contributed by atoms with Crippen molar-refractivity contribution in [2.45, 2.75) is 12.8 Å². The summed E-state index contributed by atoms with van der Waals surface area (Å²) in [4.78, 5) is 0. The number of hydrogen-bond donors (Lipinski definition) is 2. The highest BCUT2D eigenvalue weighted by molar-refractivity contribution is 7.89. The smallest absolute Gasteiger partial charge is 0.211 e. The first-order valence-electron chi connectivity index (χ1n) is 6.67. The van der Waals surface area contributed by atoms with Gasteiger partial charge in [0.25, 0.3) is 0 Å². The van der Waals surface area contributed by atoms with Crippen molar-refractivity contribution >= 4 is 10.0 Å². The fourth-order valence-electron chi connectivity index (χ4n) is 1.94. The van der Waals surface area contributed by atoms with Gasteiger partial charge in [-0.25, -0.2) is 13.1 Å². The standard InChI is InChI=1S/C13H20N2O4S/c14-5-1-9-20(16,17)15-6-4-11-2-3-12-13(10-11)19-8-7-18-12/h2-3,10,15H,1,4-9,14H2. The fourth-order valence-corrected chi connectivity index (χ4v) is 3.04. The molecular formula is C13H20N2O4S. The lowest BCUT2D eigenvalue weighted by molar-refractivity contribution is 0.171. The summed E-state index contributed by atoms with van der Waals surface area (Å²) in [6.45, 7) is 1.85. The van der Waals surface area contributed by atoms with Crippen LogP contribution in [-0.4, -0.2) is 40.5 Å². The van der Waals surface area contributed by atoms with Gasteiger partial charge in [-0.2, -0.15) is 0 Å². The lowest BCUT2D eigenvalue weighted by atomic mass is 10.1. The molecule has 6 nitrogen and oxygen atoms in total. The predicted octanol–water partition coefficient (Wildman–Crippen LogP) is 0.269. The maximum absolute atomic E-state index is 11.6. The molecule has 0 saturated heterocycles. The van der Waals surface area contributed by atoms with E-state index in [-0.39, 0.29) is 5.75 Å². The molecule has 2 rings (SSSR count). The first-order chi connectivity index (χ1) is 9.61. The van der Waals surface area contributed by atoms with Gasteiger partial charge in [-0.3, -0.25) is 0 Å². The van der Waals surface area contributed by atoms with Gasteiger partial charge in [-0.05, 0) is 37.1 Å². The Balaban J connectivity index is 1.85. The molecular weight excluding hydrogens is 280 g/mol. The molecule has 0 saturated carbocycles. The first-order valence-corrected chi connectivity index (χ1v) is 8.32. The molecule has 0 spiro atoms. The Bertz CT molecular complexity index is 545. The third kappa shape index (κ3) is 4.36. The minimum absolute atomic E-state index is 0.0740. The van der Waals surface area contributed by atoms with E-state index in [1.807, 2.05) is 18.2 Å². The zero-order valence-electron chi connectivity index (χ0n) is 11.3. The van der Waals surface area contributed by atoms with Gasteiger partial charge in [0.15, 0.2) is 11.5 Å². The summed E-state index contributed by atoms with van der Waals surface area (Å²) in [5.41, 5.74) is 6.31. The minimum Gasteiger partial charge on any atom is -0.486 e. The van der Waals surface area contributed by atoms with Crippen molar-refractivity contribution in [3.63, 3.8) is 0 Å². The molecule has 112 valence electrons. The zero-order chi connectivity index (χ0) is 14.4. The van der Waals surface area contributed by atoms with Crippen molar-refractivity contribution in [3.8, 4) is 11.5 Å². The van der Waals surface area contributed by atoms with E-state index < -0.39 is 10.0 Å². The Morgan fingerprint density at radius 3 is 2.70 bits per heavy atom. The van der Waals surface area contributed by atoms with Crippen LogP contribution in [0.1, 0.15) is 12.0 Å². The van der Waals surface area contributed by atoms with Crippen LogP contribution < -0.4 is 19.9 Å². The van der Waals surface area contributed by atoms with Gasteiger partial charge < -0.3 is 15.2 Å². The largest absolute Gasteiger partial charge is 0.486 e. The summed E-state index contributed by atoms with van der Waals surface area (Å²) in [6.07, 6.45) is 1.08. The number of ether oxygens (including phenoxy) is 2. The number of hydrogen-bond acceptors (Lipinski definition) is 5. The molecule has 3 N–H and O–H groups in total. The Morgan fingerprint density at radius 2 is 1.95 bits per heavy atom. The van der Waals surface area contributed by atoms with Gasteiger partial charge in [-0.1, -0.05) is 6.07 Å². The average Bonchev–Trinajstić information content (AvgIpc) is 2.45. The normalized spacial score (nSPS) is 14.2. The van der Waals surface area contributed by atoms with Crippen molar-refractivity contribution in [3.05, 3.63) is 23.8 Å². The second kappa shape index (κ2) is 6.92. The quantitative estimate of drug-likeness (QED) is 0.754. The number of sulfonamides is 1. The number of rotatable bonds is 7. The Hall–Kier alpha value is -1.31. The highest BCUT2D eigenvalue weighted by Gasteiger charge is 2.12. The summed E-state index contributed by atoms with van der Waals surface area (Å²) >= 11 is 0. The van der Waals surface area contributed by atoms with E-state index in [2.05, 4.69) is 4.72 Å². The SMILES string of the molecule is NCCCS(=O)(=O)NCCc1ccc2c(c1)OCCO2. The van der Waals surface area contributed by atoms with E-state index in [4.69, 9.17) is 15.2 Å². The Morgan fingerprint density at radius 1 is 1.20 bits per heavy atom. The van der Waals surface area contributed by atoms with Crippen LogP contribution in [0, 0.1) is 0 Å². The van der Waals surface area contributed by atoms with Crippen molar-refractivity contribution in [1.29, 1.82) is 0 Å². The van der Waals surface area contributed by atoms with E-state index in [9.17, 15) is 8.42 Å². The van der Waals surface area contributed by atoms with E-state index in [1.54, 1.807) is 0 Å². The second-order valence-electron chi connectivity index (χ2n) is 4.58. The lowest BCUT2D eigenvalue weighted by Gasteiger charge is -2.18. The van der Waals surface area contributed by atoms with Gasteiger partial charge in [0.1, 0.15) is 13.2 Å². The molecule has 0 fully saturated rings. The molecule has 1 aliphatic heterocycles. The number of benzene rings is 1. The summed E-state index contributed by atoms with van der Waals surface area (Å²) in [5, 5.41) is 0. The molecule has 0 unspecified atom stereocenters. The minimum atomic E-state index is -3.22. The van der Waals surface area contributed by atoms with Crippen LogP contribution in [0.2, 0.25) is 0 Å². The van der Waals surface area contributed by atoms with Crippen LogP contribution >= 0.6 is 0 Å². The molecule has 0 atom stereocenters. The first kappa shape index (κ1) is 15.1. The van der Waals surface area contributed by atoms with Crippen LogP contribution in [0.4, 0.5) is 0 Å². The second-order valence-corrected chi connectivity index (χ2v) is 6.51. The highest BCUT2D eigenvalue weighted by atomic mass is 32.2. The maximum atomic E-state index is 11.6. The van der Waals surface area contributed by atoms with Crippen molar-refractivity contribution < 1.29 is 17.9 Å². The Kier molecular flexibility index (Phi) is 5.22. The summed E-state index contributed by atoms with van der Waals surface area (Å²) < 4.78 is 36.7. The van der Waals surface area contributed by atoms with Crippen molar-refractivity contribution in [2.75, 3.05) is 32.1 Å². The summed E-state index contributed by atoms with van der Waals surface area (Å²) in [5.74, 6) is 1.54. The molecule has 0 aromatic heterocycles.